The monoisotopic (exact) mass is 395 g/mol. The van der Waals surface area contributed by atoms with Gasteiger partial charge < -0.3 is 31.0 Å². The highest BCUT2D eigenvalue weighted by Gasteiger charge is 2.12. The van der Waals surface area contributed by atoms with Gasteiger partial charge in [-0.1, -0.05) is 6.07 Å². The van der Waals surface area contributed by atoms with Crippen LogP contribution in [-0.4, -0.2) is 65.2 Å². The third-order valence-corrected chi connectivity index (χ3v) is 4.89. The van der Waals surface area contributed by atoms with Crippen molar-refractivity contribution in [2.75, 3.05) is 44.6 Å². The lowest BCUT2D eigenvalue weighted by atomic mass is 10.2. The fourth-order valence-electron chi connectivity index (χ4n) is 3.43. The Kier molecular flexibility index (Phi) is 5.87. The number of aromatic nitrogens is 3. The highest BCUT2D eigenvalue weighted by Crippen LogP contribution is 2.27. The number of hydrogen-bond donors (Lipinski definition) is 4. The Morgan fingerprint density at radius 3 is 2.86 bits per heavy atom. The number of rotatable bonds is 7. The smallest absolute Gasteiger partial charge is 0.408 e. The predicted molar refractivity (Wildman–Crippen MR) is 112 cm³/mol. The zero-order valence-corrected chi connectivity index (χ0v) is 16.1. The molecule has 1 fully saturated rings. The second-order valence-corrected chi connectivity index (χ2v) is 6.96. The molecule has 1 aromatic carbocycles. The lowest BCUT2D eigenvalue weighted by molar-refractivity contribution is 0.211. The van der Waals surface area contributed by atoms with Crippen LogP contribution in [0.1, 0.15) is 6.42 Å². The molecule has 1 aliphatic heterocycles. The molecule has 152 valence electrons. The van der Waals surface area contributed by atoms with Gasteiger partial charge in [-0.15, -0.1) is 0 Å². The van der Waals surface area contributed by atoms with E-state index in [1.165, 1.54) is 0 Å². The molecule has 0 aliphatic carbocycles. The van der Waals surface area contributed by atoms with Crippen LogP contribution in [0.25, 0.3) is 22.4 Å². The van der Waals surface area contributed by atoms with Gasteiger partial charge in [-0.2, -0.15) is 0 Å². The Labute approximate surface area is 168 Å². The number of benzene rings is 1. The summed E-state index contributed by atoms with van der Waals surface area (Å²) in [7, 11) is 0. The van der Waals surface area contributed by atoms with Crippen molar-refractivity contribution < 1.29 is 9.53 Å². The number of carbonyl (C=O) groups excluding carboxylic acids is 1. The molecule has 0 saturated carbocycles. The van der Waals surface area contributed by atoms with E-state index in [0.29, 0.717) is 17.1 Å². The standard InChI is InChI=1S/C20H25N7O2/c21-20(28)29-16-4-1-3-15-18(16)26-19(25-15)14-5-6-17(24-13-14)23-7-2-10-27-11-8-22-9-12-27/h1,3-6,13,22H,2,7-12H2,(H2,21,28)(H,23,24)(H,25,26). The van der Waals surface area contributed by atoms with Crippen molar-refractivity contribution in [2.24, 2.45) is 5.73 Å². The number of ether oxygens (including phenoxy) is 1. The van der Waals surface area contributed by atoms with Gasteiger partial charge >= 0.3 is 6.09 Å². The van der Waals surface area contributed by atoms with Crippen LogP contribution in [0.4, 0.5) is 10.6 Å². The van der Waals surface area contributed by atoms with E-state index in [1.54, 1.807) is 18.3 Å². The second-order valence-electron chi connectivity index (χ2n) is 6.96. The van der Waals surface area contributed by atoms with Gasteiger partial charge in [-0.05, 0) is 37.2 Å². The van der Waals surface area contributed by atoms with Crippen LogP contribution in [0.2, 0.25) is 0 Å². The SMILES string of the molecule is NC(=O)Oc1cccc2[nH]c(-c3ccc(NCCCN4CCNCC4)nc3)nc12. The van der Waals surface area contributed by atoms with E-state index in [-0.39, 0.29) is 0 Å². The first kappa shape index (κ1) is 19.2. The molecular weight excluding hydrogens is 370 g/mol. The van der Waals surface area contributed by atoms with Crippen molar-refractivity contribution in [1.82, 2.24) is 25.2 Å². The van der Waals surface area contributed by atoms with Crippen molar-refractivity contribution in [3.8, 4) is 17.1 Å². The highest BCUT2D eigenvalue weighted by atomic mass is 16.5. The van der Waals surface area contributed by atoms with Crippen LogP contribution in [0.5, 0.6) is 5.75 Å². The Balaban J connectivity index is 1.36. The molecule has 3 aromatic rings. The van der Waals surface area contributed by atoms with Crippen LogP contribution >= 0.6 is 0 Å². The number of aromatic amines is 1. The minimum atomic E-state index is -0.865. The first-order valence-corrected chi connectivity index (χ1v) is 9.78. The number of piperazine rings is 1. The molecule has 1 aliphatic rings. The predicted octanol–water partition coefficient (Wildman–Crippen LogP) is 1.79. The molecule has 3 heterocycles. The first-order valence-electron chi connectivity index (χ1n) is 9.78. The van der Waals surface area contributed by atoms with Gasteiger partial charge in [0.1, 0.15) is 17.2 Å². The summed E-state index contributed by atoms with van der Waals surface area (Å²) in [6.07, 6.45) is 1.98. The largest absolute Gasteiger partial charge is 0.410 e. The fourth-order valence-corrected chi connectivity index (χ4v) is 3.43. The van der Waals surface area contributed by atoms with Gasteiger partial charge in [0.2, 0.25) is 0 Å². The molecule has 0 atom stereocenters. The maximum atomic E-state index is 11.1. The third-order valence-electron chi connectivity index (χ3n) is 4.89. The lowest BCUT2D eigenvalue weighted by Crippen LogP contribution is -2.44. The van der Waals surface area contributed by atoms with Gasteiger partial charge in [0, 0.05) is 44.5 Å². The molecule has 4 rings (SSSR count). The van der Waals surface area contributed by atoms with Crippen molar-refractivity contribution in [3.05, 3.63) is 36.5 Å². The molecule has 2 aromatic heterocycles. The van der Waals surface area contributed by atoms with Crippen molar-refractivity contribution in [1.29, 1.82) is 0 Å². The third kappa shape index (κ3) is 4.82. The zero-order valence-electron chi connectivity index (χ0n) is 16.1. The summed E-state index contributed by atoms with van der Waals surface area (Å²) >= 11 is 0. The number of anilines is 1. The lowest BCUT2D eigenvalue weighted by Gasteiger charge is -2.27. The number of amides is 1. The van der Waals surface area contributed by atoms with Crippen LogP contribution < -0.4 is 21.1 Å². The first-order chi connectivity index (χ1) is 14.2. The zero-order chi connectivity index (χ0) is 20.1. The molecular formula is C20H25N7O2. The maximum absolute atomic E-state index is 11.1. The number of imidazole rings is 1. The molecule has 0 bridgehead atoms. The molecule has 1 amide bonds. The number of para-hydroxylation sites is 1. The van der Waals surface area contributed by atoms with Crippen molar-refractivity contribution in [3.63, 3.8) is 0 Å². The Morgan fingerprint density at radius 2 is 2.10 bits per heavy atom. The minimum Gasteiger partial charge on any atom is -0.408 e. The number of primary amides is 1. The topological polar surface area (TPSA) is 121 Å². The molecule has 9 heteroatoms. The fraction of sp³-hybridized carbons (Fsp3) is 0.350. The van der Waals surface area contributed by atoms with Crippen LogP contribution in [-0.2, 0) is 0 Å². The number of nitrogens with one attached hydrogen (secondary N) is 3. The van der Waals surface area contributed by atoms with Crippen LogP contribution in [0.15, 0.2) is 36.5 Å². The molecule has 0 unspecified atom stereocenters. The summed E-state index contributed by atoms with van der Waals surface area (Å²) in [6, 6.07) is 9.19. The van der Waals surface area contributed by atoms with Crippen LogP contribution in [0, 0.1) is 0 Å². The average molecular weight is 395 g/mol. The molecule has 0 spiro atoms. The molecule has 9 nitrogen and oxygen atoms in total. The Bertz CT molecular complexity index is 965. The van der Waals surface area contributed by atoms with E-state index in [9.17, 15) is 4.79 Å². The summed E-state index contributed by atoms with van der Waals surface area (Å²) in [5.41, 5.74) is 7.28. The van der Waals surface area contributed by atoms with Gasteiger partial charge in [0.05, 0.1) is 5.52 Å². The van der Waals surface area contributed by atoms with E-state index in [0.717, 1.165) is 62.6 Å². The van der Waals surface area contributed by atoms with E-state index >= 15 is 0 Å². The van der Waals surface area contributed by atoms with E-state index < -0.39 is 6.09 Å². The van der Waals surface area contributed by atoms with Crippen LogP contribution in [0.3, 0.4) is 0 Å². The van der Waals surface area contributed by atoms with Crippen molar-refractivity contribution in [2.45, 2.75) is 6.42 Å². The molecule has 29 heavy (non-hydrogen) atoms. The number of H-pyrrole nitrogens is 1. The van der Waals surface area contributed by atoms with Gasteiger partial charge in [-0.25, -0.2) is 14.8 Å². The minimum absolute atomic E-state index is 0.327. The van der Waals surface area contributed by atoms with Gasteiger partial charge in [-0.3, -0.25) is 0 Å². The number of nitrogens with zero attached hydrogens (tertiary/aromatic N) is 3. The summed E-state index contributed by atoms with van der Waals surface area (Å²) < 4.78 is 5.02. The summed E-state index contributed by atoms with van der Waals surface area (Å²) in [5, 5.41) is 6.73. The number of nitrogens with two attached hydrogens (primary N) is 1. The number of fused-ring (bicyclic) bond motifs is 1. The highest BCUT2D eigenvalue weighted by molar-refractivity contribution is 5.87. The average Bonchev–Trinajstić information content (AvgIpc) is 3.18. The van der Waals surface area contributed by atoms with E-state index in [1.807, 2.05) is 18.2 Å². The maximum Gasteiger partial charge on any atom is 0.410 e. The second kappa shape index (κ2) is 8.89. The Hall–Kier alpha value is -3.17. The van der Waals surface area contributed by atoms with E-state index in [2.05, 4.69) is 30.5 Å². The summed E-state index contributed by atoms with van der Waals surface area (Å²) in [6.45, 7) is 6.38. The Morgan fingerprint density at radius 1 is 1.24 bits per heavy atom. The van der Waals surface area contributed by atoms with Gasteiger partial charge in [0.25, 0.3) is 0 Å². The number of carbonyl (C=O) groups is 1. The molecule has 1 saturated heterocycles. The number of pyridine rings is 1. The summed E-state index contributed by atoms with van der Waals surface area (Å²) in [5.74, 6) is 1.81. The molecule has 5 N–H and O–H groups in total. The quantitative estimate of drug-likeness (QED) is 0.450. The van der Waals surface area contributed by atoms with Crippen molar-refractivity contribution >= 4 is 22.9 Å². The summed E-state index contributed by atoms with van der Waals surface area (Å²) in [4.78, 5) is 25.8. The normalized spacial score (nSPS) is 14.8. The van der Waals surface area contributed by atoms with Gasteiger partial charge in [0.15, 0.2) is 5.75 Å². The molecule has 0 radical (unpaired) electrons. The van der Waals surface area contributed by atoms with E-state index in [4.69, 9.17) is 10.5 Å². The number of hydrogen-bond acceptors (Lipinski definition) is 7.